The summed E-state index contributed by atoms with van der Waals surface area (Å²) in [5.74, 6) is 0. The van der Waals surface area contributed by atoms with Crippen molar-refractivity contribution >= 4 is 23.1 Å². The third-order valence-corrected chi connectivity index (χ3v) is 3.21. The van der Waals surface area contributed by atoms with Crippen molar-refractivity contribution < 1.29 is 22.7 Å². The van der Waals surface area contributed by atoms with Crippen molar-refractivity contribution in [2.75, 3.05) is 5.32 Å². The summed E-state index contributed by atoms with van der Waals surface area (Å²) in [5.41, 5.74) is -0.787. The lowest BCUT2D eigenvalue weighted by Crippen LogP contribution is -2.14. The lowest BCUT2D eigenvalue weighted by Gasteiger charge is -2.10. The number of hydrogen-bond acceptors (Lipinski definition) is 3. The lowest BCUT2D eigenvalue weighted by molar-refractivity contribution is -0.137. The van der Waals surface area contributed by atoms with Crippen LogP contribution in [-0.2, 0) is 17.5 Å². The van der Waals surface area contributed by atoms with E-state index < -0.39 is 17.8 Å². The van der Waals surface area contributed by atoms with E-state index in [4.69, 9.17) is 4.74 Å². The first-order valence-corrected chi connectivity index (χ1v) is 6.46. The number of halogens is 3. The molecule has 0 aliphatic rings. The predicted molar refractivity (Wildman–Crippen MR) is 69.6 cm³/mol. The molecule has 0 saturated carbocycles. The molecule has 3 nitrogen and oxygen atoms in total. The Morgan fingerprint density at radius 1 is 1.25 bits per heavy atom. The number of hydrogen-bond donors (Lipinski definition) is 1. The maximum Gasteiger partial charge on any atom is 0.416 e. The van der Waals surface area contributed by atoms with Gasteiger partial charge in [-0.25, -0.2) is 4.79 Å². The maximum atomic E-state index is 12.5. The van der Waals surface area contributed by atoms with Gasteiger partial charge in [0, 0.05) is 10.6 Å². The van der Waals surface area contributed by atoms with Crippen LogP contribution in [0, 0.1) is 0 Å². The van der Waals surface area contributed by atoms with Gasteiger partial charge in [-0.15, -0.1) is 11.3 Å². The Morgan fingerprint density at radius 3 is 2.70 bits per heavy atom. The monoisotopic (exact) mass is 301 g/mol. The van der Waals surface area contributed by atoms with Gasteiger partial charge in [-0.3, -0.25) is 5.32 Å². The summed E-state index contributed by atoms with van der Waals surface area (Å²) >= 11 is 1.42. The number of alkyl halides is 3. The summed E-state index contributed by atoms with van der Waals surface area (Å²) in [6, 6.07) is 7.98. The number of anilines is 1. The SMILES string of the molecule is O=C(Nc1cccc(C(F)(F)F)c1)OCc1cccs1. The van der Waals surface area contributed by atoms with E-state index in [0.29, 0.717) is 0 Å². The molecule has 0 bridgehead atoms. The molecule has 0 atom stereocenters. The molecule has 7 heteroatoms. The fraction of sp³-hybridized carbons (Fsp3) is 0.154. The number of ether oxygens (including phenoxy) is 1. The predicted octanol–water partition coefficient (Wildman–Crippen LogP) is 4.52. The van der Waals surface area contributed by atoms with E-state index >= 15 is 0 Å². The Bertz CT molecular complexity index is 582. The van der Waals surface area contributed by atoms with Crippen LogP contribution in [0.1, 0.15) is 10.4 Å². The van der Waals surface area contributed by atoms with Crippen molar-refractivity contribution in [3.8, 4) is 0 Å². The molecule has 106 valence electrons. The van der Waals surface area contributed by atoms with Crippen LogP contribution in [0.4, 0.5) is 23.7 Å². The van der Waals surface area contributed by atoms with Gasteiger partial charge >= 0.3 is 12.3 Å². The normalized spacial score (nSPS) is 11.2. The van der Waals surface area contributed by atoms with Crippen LogP contribution in [0.5, 0.6) is 0 Å². The number of carbonyl (C=O) groups is 1. The van der Waals surface area contributed by atoms with E-state index in [1.807, 2.05) is 11.4 Å². The van der Waals surface area contributed by atoms with Crippen molar-refractivity contribution in [3.63, 3.8) is 0 Å². The topological polar surface area (TPSA) is 38.3 Å². The molecule has 1 heterocycles. The molecular weight excluding hydrogens is 291 g/mol. The molecule has 0 spiro atoms. The molecule has 0 unspecified atom stereocenters. The molecule has 1 amide bonds. The van der Waals surface area contributed by atoms with E-state index in [2.05, 4.69) is 5.32 Å². The van der Waals surface area contributed by atoms with Crippen LogP contribution in [0.3, 0.4) is 0 Å². The van der Waals surface area contributed by atoms with Gasteiger partial charge in [0.15, 0.2) is 0 Å². The molecule has 0 aliphatic heterocycles. The lowest BCUT2D eigenvalue weighted by atomic mass is 10.2. The highest BCUT2D eigenvalue weighted by Crippen LogP contribution is 2.30. The van der Waals surface area contributed by atoms with Crippen LogP contribution in [0.15, 0.2) is 41.8 Å². The van der Waals surface area contributed by atoms with Crippen molar-refractivity contribution in [1.29, 1.82) is 0 Å². The zero-order valence-corrected chi connectivity index (χ0v) is 10.9. The summed E-state index contributed by atoms with van der Waals surface area (Å²) in [5, 5.41) is 4.10. The molecule has 1 N–H and O–H groups in total. The summed E-state index contributed by atoms with van der Waals surface area (Å²) in [4.78, 5) is 12.3. The quantitative estimate of drug-likeness (QED) is 0.905. The largest absolute Gasteiger partial charge is 0.444 e. The second-order valence-corrected chi connectivity index (χ2v) is 4.89. The zero-order chi connectivity index (χ0) is 14.6. The summed E-state index contributed by atoms with van der Waals surface area (Å²) in [7, 11) is 0. The third-order valence-electron chi connectivity index (χ3n) is 2.36. The van der Waals surface area contributed by atoms with Crippen molar-refractivity contribution in [3.05, 3.63) is 52.2 Å². The summed E-state index contributed by atoms with van der Waals surface area (Å²) in [6.07, 6.45) is -5.24. The van der Waals surface area contributed by atoms with Gasteiger partial charge in [-0.2, -0.15) is 13.2 Å². The zero-order valence-electron chi connectivity index (χ0n) is 10.1. The molecule has 2 aromatic rings. The smallest absolute Gasteiger partial charge is 0.416 e. The molecular formula is C13H10F3NO2S. The van der Waals surface area contributed by atoms with E-state index in [1.165, 1.54) is 23.5 Å². The third kappa shape index (κ3) is 3.99. The Balaban J connectivity index is 1.94. The molecule has 0 radical (unpaired) electrons. The molecule has 0 saturated heterocycles. The number of benzene rings is 1. The highest BCUT2D eigenvalue weighted by Gasteiger charge is 2.30. The van der Waals surface area contributed by atoms with Gasteiger partial charge in [-0.05, 0) is 29.6 Å². The van der Waals surface area contributed by atoms with E-state index in [0.717, 1.165) is 17.0 Å². The van der Waals surface area contributed by atoms with Gasteiger partial charge in [0.1, 0.15) is 6.61 Å². The van der Waals surface area contributed by atoms with Gasteiger partial charge in [0.2, 0.25) is 0 Å². The number of nitrogens with one attached hydrogen (secondary N) is 1. The van der Waals surface area contributed by atoms with Crippen LogP contribution < -0.4 is 5.32 Å². The Labute approximate surface area is 117 Å². The number of rotatable bonds is 3. The van der Waals surface area contributed by atoms with Gasteiger partial charge in [-0.1, -0.05) is 12.1 Å². The average molecular weight is 301 g/mol. The second-order valence-electron chi connectivity index (χ2n) is 3.86. The fourth-order valence-corrected chi connectivity index (χ4v) is 2.07. The first-order chi connectivity index (χ1) is 9.45. The first kappa shape index (κ1) is 14.4. The Hall–Kier alpha value is -2.02. The fourth-order valence-electron chi connectivity index (χ4n) is 1.46. The standard InChI is InChI=1S/C13H10F3NO2S/c14-13(15,16)9-3-1-4-10(7-9)17-12(18)19-8-11-5-2-6-20-11/h1-7H,8H2,(H,17,18). The van der Waals surface area contributed by atoms with Crippen LogP contribution in [0.2, 0.25) is 0 Å². The highest BCUT2D eigenvalue weighted by atomic mass is 32.1. The summed E-state index contributed by atoms with van der Waals surface area (Å²) < 4.78 is 42.4. The van der Waals surface area contributed by atoms with E-state index in [-0.39, 0.29) is 12.3 Å². The summed E-state index contributed by atoms with van der Waals surface area (Å²) in [6.45, 7) is 0.0858. The number of amides is 1. The van der Waals surface area contributed by atoms with Crippen molar-refractivity contribution in [2.45, 2.75) is 12.8 Å². The van der Waals surface area contributed by atoms with E-state index in [1.54, 1.807) is 6.07 Å². The van der Waals surface area contributed by atoms with Crippen LogP contribution in [0.25, 0.3) is 0 Å². The van der Waals surface area contributed by atoms with Crippen molar-refractivity contribution in [2.24, 2.45) is 0 Å². The molecule has 1 aromatic heterocycles. The molecule has 2 rings (SSSR count). The first-order valence-electron chi connectivity index (χ1n) is 5.58. The minimum atomic E-state index is -4.45. The minimum Gasteiger partial charge on any atom is -0.444 e. The van der Waals surface area contributed by atoms with E-state index in [9.17, 15) is 18.0 Å². The van der Waals surface area contributed by atoms with Crippen LogP contribution in [-0.4, -0.2) is 6.09 Å². The van der Waals surface area contributed by atoms with Gasteiger partial charge in [0.25, 0.3) is 0 Å². The molecule has 1 aromatic carbocycles. The molecule has 0 fully saturated rings. The Kier molecular flexibility index (Phi) is 4.29. The number of thiophene rings is 1. The second kappa shape index (κ2) is 5.96. The number of carbonyl (C=O) groups excluding carboxylic acids is 1. The molecule has 0 aliphatic carbocycles. The van der Waals surface area contributed by atoms with Crippen LogP contribution >= 0.6 is 11.3 Å². The minimum absolute atomic E-state index is 0.0380. The highest BCUT2D eigenvalue weighted by molar-refractivity contribution is 7.09. The average Bonchev–Trinajstić information content (AvgIpc) is 2.89. The Morgan fingerprint density at radius 2 is 2.05 bits per heavy atom. The van der Waals surface area contributed by atoms with Gasteiger partial charge < -0.3 is 4.74 Å². The maximum absolute atomic E-state index is 12.5. The van der Waals surface area contributed by atoms with Gasteiger partial charge in [0.05, 0.1) is 5.56 Å². The van der Waals surface area contributed by atoms with Crippen molar-refractivity contribution in [1.82, 2.24) is 0 Å². The molecule has 20 heavy (non-hydrogen) atoms.